The lowest BCUT2D eigenvalue weighted by Crippen LogP contribution is -2.40. The number of rotatable bonds is 5. The molecule has 4 heteroatoms. The van der Waals surface area contributed by atoms with E-state index < -0.39 is 0 Å². The molecule has 0 fully saturated rings. The number of hydrogen-bond acceptors (Lipinski definition) is 3. The summed E-state index contributed by atoms with van der Waals surface area (Å²) in [5.41, 5.74) is 5.75. The lowest BCUT2D eigenvalue weighted by atomic mass is 10.1. The minimum absolute atomic E-state index is 0.0124. The minimum atomic E-state index is -0.380. The highest BCUT2D eigenvalue weighted by Crippen LogP contribution is 1.97. The summed E-state index contributed by atoms with van der Waals surface area (Å²) in [6, 6.07) is -0.0124. The highest BCUT2D eigenvalue weighted by molar-refractivity contribution is 5.67. The third kappa shape index (κ3) is 6.71. The van der Waals surface area contributed by atoms with Gasteiger partial charge in [0.15, 0.2) is 0 Å². The average molecular weight is 202 g/mol. The number of carbonyl (C=O) groups is 1. The van der Waals surface area contributed by atoms with Gasteiger partial charge in [0.2, 0.25) is 0 Å². The molecule has 0 radical (unpaired) electrons. The molecular formula is C10H22N2O2. The lowest BCUT2D eigenvalue weighted by Gasteiger charge is -2.16. The summed E-state index contributed by atoms with van der Waals surface area (Å²) in [5.74, 6) is 0.722. The molecule has 84 valence electrons. The van der Waals surface area contributed by atoms with Crippen molar-refractivity contribution in [3.63, 3.8) is 0 Å². The average Bonchev–Trinajstić information content (AvgIpc) is 2.10. The van der Waals surface area contributed by atoms with Gasteiger partial charge in [-0.1, -0.05) is 27.7 Å². The van der Waals surface area contributed by atoms with Crippen LogP contribution in [0.3, 0.4) is 0 Å². The molecule has 0 aromatic rings. The Labute approximate surface area is 86.2 Å². The molecule has 0 saturated carbocycles. The summed E-state index contributed by atoms with van der Waals surface area (Å²) in [6.07, 6.45) is -0.380. The molecule has 0 aliphatic heterocycles. The van der Waals surface area contributed by atoms with Crippen molar-refractivity contribution in [3.8, 4) is 0 Å². The normalized spacial score (nSPS) is 13.1. The Hall–Kier alpha value is -0.770. The van der Waals surface area contributed by atoms with Gasteiger partial charge in [-0.2, -0.15) is 0 Å². The van der Waals surface area contributed by atoms with E-state index in [1.807, 2.05) is 27.7 Å². The number of hydrogen-bond donors (Lipinski definition) is 2. The van der Waals surface area contributed by atoms with Gasteiger partial charge in [0.1, 0.15) is 0 Å². The first-order chi connectivity index (χ1) is 6.43. The third-order valence-corrected chi connectivity index (χ3v) is 1.89. The van der Waals surface area contributed by atoms with E-state index in [1.165, 1.54) is 0 Å². The van der Waals surface area contributed by atoms with Crippen LogP contribution in [0.5, 0.6) is 0 Å². The van der Waals surface area contributed by atoms with Crippen LogP contribution in [0.15, 0.2) is 0 Å². The molecule has 0 aromatic carbocycles. The van der Waals surface area contributed by atoms with Gasteiger partial charge >= 0.3 is 6.09 Å². The zero-order valence-electron chi connectivity index (χ0n) is 9.54. The maximum absolute atomic E-state index is 11.1. The van der Waals surface area contributed by atoms with Crippen LogP contribution < -0.4 is 11.1 Å². The molecule has 14 heavy (non-hydrogen) atoms. The summed E-state index contributed by atoms with van der Waals surface area (Å²) < 4.78 is 4.93. The summed E-state index contributed by atoms with van der Waals surface area (Å²) in [4.78, 5) is 11.1. The second-order valence-corrected chi connectivity index (χ2v) is 4.28. The Balaban J connectivity index is 3.54. The third-order valence-electron chi connectivity index (χ3n) is 1.89. The van der Waals surface area contributed by atoms with Crippen molar-refractivity contribution >= 4 is 6.09 Å². The van der Waals surface area contributed by atoms with Crippen LogP contribution in [0.2, 0.25) is 0 Å². The Bertz CT molecular complexity index is 170. The second kappa shape index (κ2) is 6.65. The monoisotopic (exact) mass is 202 g/mol. The highest BCUT2D eigenvalue weighted by atomic mass is 16.5. The fourth-order valence-corrected chi connectivity index (χ4v) is 0.730. The van der Waals surface area contributed by atoms with Gasteiger partial charge in [0.05, 0.1) is 6.61 Å². The molecule has 0 spiro atoms. The Morgan fingerprint density at radius 3 is 2.36 bits per heavy atom. The van der Waals surface area contributed by atoms with Crippen LogP contribution in [0, 0.1) is 11.8 Å². The largest absolute Gasteiger partial charge is 0.449 e. The quantitative estimate of drug-likeness (QED) is 0.707. The van der Waals surface area contributed by atoms with E-state index in [0.717, 1.165) is 0 Å². The van der Waals surface area contributed by atoms with Crippen LogP contribution in [0.25, 0.3) is 0 Å². The Morgan fingerprint density at radius 1 is 1.36 bits per heavy atom. The lowest BCUT2D eigenvalue weighted by molar-refractivity contribution is 0.132. The molecule has 0 aliphatic carbocycles. The fraction of sp³-hybridized carbons (Fsp3) is 0.900. The van der Waals surface area contributed by atoms with E-state index >= 15 is 0 Å². The molecule has 1 amide bonds. The molecule has 0 aliphatic rings. The predicted molar refractivity (Wildman–Crippen MR) is 57.0 cm³/mol. The first-order valence-corrected chi connectivity index (χ1v) is 5.09. The number of ether oxygens (including phenoxy) is 1. The van der Waals surface area contributed by atoms with Gasteiger partial charge in [-0.15, -0.1) is 0 Å². The number of alkyl carbamates (subject to hydrolysis) is 1. The van der Waals surface area contributed by atoms with Gasteiger partial charge in [-0.25, -0.2) is 4.79 Å². The van der Waals surface area contributed by atoms with Crippen molar-refractivity contribution in [1.82, 2.24) is 5.32 Å². The second-order valence-electron chi connectivity index (χ2n) is 4.28. The number of carbonyl (C=O) groups excluding carboxylic acids is 1. The smallest absolute Gasteiger partial charge is 0.407 e. The summed E-state index contributed by atoms with van der Waals surface area (Å²) in [5, 5.41) is 2.63. The van der Waals surface area contributed by atoms with Crippen molar-refractivity contribution in [1.29, 1.82) is 0 Å². The predicted octanol–water partition coefficient (Wildman–Crippen LogP) is 1.35. The molecule has 4 nitrogen and oxygen atoms in total. The van der Waals surface area contributed by atoms with Crippen LogP contribution in [0.1, 0.15) is 27.7 Å². The van der Waals surface area contributed by atoms with E-state index in [1.54, 1.807) is 0 Å². The topological polar surface area (TPSA) is 64.3 Å². The van der Waals surface area contributed by atoms with E-state index in [4.69, 9.17) is 10.5 Å². The molecular weight excluding hydrogens is 180 g/mol. The van der Waals surface area contributed by atoms with E-state index in [-0.39, 0.29) is 12.1 Å². The molecule has 1 atom stereocenters. The standard InChI is InChI=1S/C10H22N2O2/c1-7(2)6-14-10(13)12-5-9(11)8(3)4/h7-9H,5-6,11H2,1-4H3,(H,12,13). The number of nitrogens with two attached hydrogens (primary N) is 1. The first-order valence-electron chi connectivity index (χ1n) is 5.09. The zero-order valence-corrected chi connectivity index (χ0v) is 9.54. The van der Waals surface area contributed by atoms with Gasteiger partial charge in [-0.05, 0) is 11.8 Å². The molecule has 0 bridgehead atoms. The molecule has 3 N–H and O–H groups in total. The number of nitrogens with one attached hydrogen (secondary N) is 1. The SMILES string of the molecule is CC(C)COC(=O)NCC(N)C(C)C. The molecule has 0 rings (SSSR count). The Morgan fingerprint density at radius 2 is 1.93 bits per heavy atom. The summed E-state index contributed by atoms with van der Waals surface area (Å²) in [6.45, 7) is 8.94. The maximum Gasteiger partial charge on any atom is 0.407 e. The maximum atomic E-state index is 11.1. The molecule has 1 unspecified atom stereocenters. The zero-order chi connectivity index (χ0) is 11.1. The molecule has 0 heterocycles. The van der Waals surface area contributed by atoms with Crippen LogP contribution in [-0.4, -0.2) is 25.3 Å². The highest BCUT2D eigenvalue weighted by Gasteiger charge is 2.09. The van der Waals surface area contributed by atoms with Gasteiger partial charge in [0, 0.05) is 12.6 Å². The minimum Gasteiger partial charge on any atom is -0.449 e. The fourth-order valence-electron chi connectivity index (χ4n) is 0.730. The van der Waals surface area contributed by atoms with Crippen molar-refractivity contribution in [2.24, 2.45) is 17.6 Å². The van der Waals surface area contributed by atoms with E-state index in [0.29, 0.717) is 25.0 Å². The van der Waals surface area contributed by atoms with Crippen LogP contribution >= 0.6 is 0 Å². The van der Waals surface area contributed by atoms with E-state index in [2.05, 4.69) is 5.32 Å². The van der Waals surface area contributed by atoms with Crippen LogP contribution in [-0.2, 0) is 4.74 Å². The van der Waals surface area contributed by atoms with Crippen molar-refractivity contribution in [2.75, 3.05) is 13.2 Å². The Kier molecular flexibility index (Phi) is 6.28. The van der Waals surface area contributed by atoms with Crippen molar-refractivity contribution in [2.45, 2.75) is 33.7 Å². The van der Waals surface area contributed by atoms with Crippen molar-refractivity contribution in [3.05, 3.63) is 0 Å². The molecule has 0 aromatic heterocycles. The summed E-state index contributed by atoms with van der Waals surface area (Å²) in [7, 11) is 0. The molecule has 0 saturated heterocycles. The van der Waals surface area contributed by atoms with E-state index in [9.17, 15) is 4.79 Å². The van der Waals surface area contributed by atoms with Gasteiger partial charge in [-0.3, -0.25) is 0 Å². The van der Waals surface area contributed by atoms with Gasteiger partial charge < -0.3 is 15.8 Å². The number of amides is 1. The van der Waals surface area contributed by atoms with Gasteiger partial charge in [0.25, 0.3) is 0 Å². The van der Waals surface area contributed by atoms with Crippen molar-refractivity contribution < 1.29 is 9.53 Å². The first kappa shape index (κ1) is 13.2. The summed E-state index contributed by atoms with van der Waals surface area (Å²) >= 11 is 0. The van der Waals surface area contributed by atoms with Crippen LogP contribution in [0.4, 0.5) is 4.79 Å².